The average molecular weight is 431 g/mol. The van der Waals surface area contributed by atoms with Crippen LogP contribution in [0.1, 0.15) is 61.4 Å². The van der Waals surface area contributed by atoms with E-state index in [1.165, 1.54) is 35.7 Å². The third-order valence-corrected chi connectivity index (χ3v) is 5.87. The van der Waals surface area contributed by atoms with Gasteiger partial charge < -0.3 is 15.7 Å². The van der Waals surface area contributed by atoms with Crippen molar-refractivity contribution in [2.75, 3.05) is 6.54 Å². The lowest BCUT2D eigenvalue weighted by atomic mass is 9.86. The van der Waals surface area contributed by atoms with Crippen LogP contribution in [0.5, 0.6) is 0 Å². The highest BCUT2D eigenvalue weighted by Crippen LogP contribution is 2.31. The van der Waals surface area contributed by atoms with E-state index in [0.29, 0.717) is 5.56 Å². The molecule has 3 N–H and O–H groups in total. The second-order valence-corrected chi connectivity index (χ2v) is 8.49. The van der Waals surface area contributed by atoms with Crippen molar-refractivity contribution in [1.82, 2.24) is 10.6 Å². The number of amides is 1. The Morgan fingerprint density at radius 3 is 2.58 bits per heavy atom. The number of carbonyl (C=O) groups is 1. The zero-order valence-corrected chi connectivity index (χ0v) is 18.3. The third kappa shape index (κ3) is 6.58. The molecule has 168 valence electrons. The van der Waals surface area contributed by atoms with Gasteiger partial charge in [0.25, 0.3) is 0 Å². The molecule has 0 aliphatic heterocycles. The van der Waals surface area contributed by atoms with Gasteiger partial charge in [0.05, 0.1) is 12.1 Å². The van der Waals surface area contributed by atoms with Gasteiger partial charge in [-0.05, 0) is 66.5 Å². The molecule has 2 unspecified atom stereocenters. The lowest BCUT2D eigenvalue weighted by Crippen LogP contribution is -2.48. The van der Waals surface area contributed by atoms with Gasteiger partial charge in [0, 0.05) is 25.6 Å². The van der Waals surface area contributed by atoms with Gasteiger partial charge in [0.1, 0.15) is 11.6 Å². The number of halogens is 2. The van der Waals surface area contributed by atoms with Gasteiger partial charge in [-0.25, -0.2) is 8.78 Å². The number of fused-ring (bicyclic) bond motifs is 1. The van der Waals surface area contributed by atoms with E-state index in [1.807, 2.05) is 0 Å². The number of aliphatic hydroxyl groups is 1. The maximum Gasteiger partial charge on any atom is 0.217 e. The van der Waals surface area contributed by atoms with Crippen molar-refractivity contribution in [3.63, 3.8) is 0 Å². The molecule has 1 amide bonds. The number of benzene rings is 2. The van der Waals surface area contributed by atoms with Crippen LogP contribution in [0, 0.1) is 11.6 Å². The number of nitrogens with one attached hydrogen (secondary N) is 2. The van der Waals surface area contributed by atoms with Crippen LogP contribution in [-0.4, -0.2) is 29.7 Å². The summed E-state index contributed by atoms with van der Waals surface area (Å²) < 4.78 is 27.1. The summed E-state index contributed by atoms with van der Waals surface area (Å²) in [6, 6.07) is 9.43. The van der Waals surface area contributed by atoms with Crippen molar-refractivity contribution in [3.8, 4) is 0 Å². The lowest BCUT2D eigenvalue weighted by Gasteiger charge is -2.30. The van der Waals surface area contributed by atoms with Crippen LogP contribution in [0.2, 0.25) is 0 Å². The molecule has 31 heavy (non-hydrogen) atoms. The summed E-state index contributed by atoms with van der Waals surface area (Å²) in [4.78, 5) is 11.7. The lowest BCUT2D eigenvalue weighted by molar-refractivity contribution is -0.120. The van der Waals surface area contributed by atoms with Crippen LogP contribution in [-0.2, 0) is 24.1 Å². The van der Waals surface area contributed by atoms with Gasteiger partial charge in [-0.3, -0.25) is 4.79 Å². The van der Waals surface area contributed by atoms with Gasteiger partial charge in [-0.15, -0.1) is 0 Å². The minimum Gasteiger partial charge on any atom is -0.390 e. The monoisotopic (exact) mass is 430 g/mol. The number of rotatable bonds is 9. The maximum atomic E-state index is 13.6. The minimum atomic E-state index is -0.903. The average Bonchev–Trinajstić information content (AvgIpc) is 2.70. The second kappa shape index (κ2) is 10.8. The van der Waals surface area contributed by atoms with Gasteiger partial charge in [0.15, 0.2) is 0 Å². The molecule has 0 aromatic heterocycles. The maximum absolute atomic E-state index is 13.6. The Hall–Kier alpha value is -2.31. The fraction of sp³-hybridized carbons (Fsp3) is 0.480. The molecule has 6 heteroatoms. The molecule has 0 fully saturated rings. The van der Waals surface area contributed by atoms with Crippen LogP contribution < -0.4 is 10.6 Å². The molecule has 3 rings (SSSR count). The van der Waals surface area contributed by atoms with E-state index >= 15 is 0 Å². The Bertz CT molecular complexity index is 883. The molecule has 2 aromatic rings. The molecule has 1 aliphatic rings. The number of hydrogen-bond donors (Lipinski definition) is 3. The number of aryl methyl sites for hydroxylation is 2. The van der Waals surface area contributed by atoms with Crippen molar-refractivity contribution in [2.45, 2.75) is 70.6 Å². The number of carbonyl (C=O) groups excluding carboxylic acids is 1. The first-order chi connectivity index (χ1) is 14.9. The van der Waals surface area contributed by atoms with Gasteiger partial charge in [-0.1, -0.05) is 31.5 Å². The van der Waals surface area contributed by atoms with E-state index in [9.17, 15) is 18.7 Å². The normalized spacial score (nSPS) is 17.6. The molecule has 1 aliphatic carbocycles. The molecular weight excluding hydrogens is 398 g/mol. The van der Waals surface area contributed by atoms with E-state index < -0.39 is 23.8 Å². The fourth-order valence-corrected chi connectivity index (χ4v) is 4.44. The molecule has 0 heterocycles. The van der Waals surface area contributed by atoms with E-state index in [1.54, 1.807) is 0 Å². The molecule has 3 atom stereocenters. The molecular formula is C25H32F2N2O2. The quantitative estimate of drug-likeness (QED) is 0.564. The van der Waals surface area contributed by atoms with Crippen molar-refractivity contribution in [1.29, 1.82) is 0 Å². The first kappa shape index (κ1) is 23.4. The molecule has 0 bridgehead atoms. The Kier molecular flexibility index (Phi) is 8.15. The van der Waals surface area contributed by atoms with Crippen molar-refractivity contribution in [3.05, 3.63) is 70.3 Å². The number of hydrogen-bond acceptors (Lipinski definition) is 3. The Labute approximate surface area is 183 Å². The molecule has 4 nitrogen and oxygen atoms in total. The van der Waals surface area contributed by atoms with Crippen LogP contribution in [0.3, 0.4) is 0 Å². The van der Waals surface area contributed by atoms with Crippen molar-refractivity contribution >= 4 is 5.91 Å². The van der Waals surface area contributed by atoms with Crippen LogP contribution >= 0.6 is 0 Å². The summed E-state index contributed by atoms with van der Waals surface area (Å²) in [6.07, 6.45) is 4.48. The van der Waals surface area contributed by atoms with Gasteiger partial charge in [0.2, 0.25) is 5.91 Å². The van der Waals surface area contributed by atoms with Crippen LogP contribution in [0.4, 0.5) is 8.78 Å². The Balaban J connectivity index is 1.69. The van der Waals surface area contributed by atoms with Crippen molar-refractivity contribution in [2.24, 2.45) is 0 Å². The predicted octanol–water partition coefficient (Wildman–Crippen LogP) is 3.99. The second-order valence-electron chi connectivity index (χ2n) is 8.49. The fourth-order valence-electron chi connectivity index (χ4n) is 4.44. The van der Waals surface area contributed by atoms with Crippen LogP contribution in [0.15, 0.2) is 36.4 Å². The van der Waals surface area contributed by atoms with Gasteiger partial charge in [-0.2, -0.15) is 0 Å². The summed E-state index contributed by atoms with van der Waals surface area (Å²) in [7, 11) is 0. The minimum absolute atomic E-state index is 0.138. The standard InChI is InChI=1S/C25H32F2N2O2/c1-3-5-17-8-9-19-6-4-7-23(22(19)12-17)28-15-25(31)24(29-16(2)30)13-18-10-20(26)14-21(27)11-18/h8-12,14,23-25,28,31H,3-7,13,15H2,1-2H3,(H,29,30)/t23-,24?,25?/m0/s1. The van der Waals surface area contributed by atoms with Gasteiger partial charge >= 0.3 is 0 Å². The zero-order chi connectivity index (χ0) is 22.4. The first-order valence-electron chi connectivity index (χ1n) is 11.1. The molecule has 0 saturated carbocycles. The highest BCUT2D eigenvalue weighted by molar-refractivity contribution is 5.73. The topological polar surface area (TPSA) is 61.4 Å². The van der Waals surface area contributed by atoms with E-state index in [-0.39, 0.29) is 24.9 Å². The van der Waals surface area contributed by atoms with E-state index in [2.05, 4.69) is 35.8 Å². The Morgan fingerprint density at radius 1 is 1.16 bits per heavy atom. The highest BCUT2D eigenvalue weighted by Gasteiger charge is 2.25. The number of aliphatic hydroxyl groups excluding tert-OH is 1. The van der Waals surface area contributed by atoms with E-state index in [0.717, 1.165) is 38.2 Å². The molecule has 0 saturated heterocycles. The first-order valence-corrected chi connectivity index (χ1v) is 11.1. The predicted molar refractivity (Wildman–Crippen MR) is 118 cm³/mol. The summed E-state index contributed by atoms with van der Waals surface area (Å²) in [5.41, 5.74) is 4.33. The zero-order valence-electron chi connectivity index (χ0n) is 18.3. The summed E-state index contributed by atoms with van der Waals surface area (Å²) >= 11 is 0. The largest absolute Gasteiger partial charge is 0.390 e. The molecule has 0 spiro atoms. The molecule has 0 radical (unpaired) electrons. The Morgan fingerprint density at radius 2 is 1.90 bits per heavy atom. The summed E-state index contributed by atoms with van der Waals surface area (Å²) in [5, 5.41) is 17.0. The SMILES string of the molecule is CCCc1ccc2c(c1)[C@@H](NCC(O)C(Cc1cc(F)cc(F)c1)NC(C)=O)CCC2. The summed E-state index contributed by atoms with van der Waals surface area (Å²) in [6.45, 7) is 3.80. The highest BCUT2D eigenvalue weighted by atomic mass is 19.1. The van der Waals surface area contributed by atoms with Crippen molar-refractivity contribution < 1.29 is 18.7 Å². The molecule has 2 aromatic carbocycles. The van der Waals surface area contributed by atoms with Crippen LogP contribution in [0.25, 0.3) is 0 Å². The van der Waals surface area contributed by atoms with E-state index in [4.69, 9.17) is 0 Å². The smallest absolute Gasteiger partial charge is 0.217 e. The summed E-state index contributed by atoms with van der Waals surface area (Å²) in [5.74, 6) is -1.65. The third-order valence-electron chi connectivity index (χ3n) is 5.87.